The van der Waals surface area contributed by atoms with Crippen LogP contribution in [-0.2, 0) is 0 Å². The Morgan fingerprint density at radius 1 is 1.75 bits per heavy atom. The maximum atomic E-state index is 12.0. The minimum Gasteiger partial charge on any atom is -0.337 e. The van der Waals surface area contributed by atoms with Gasteiger partial charge in [0.25, 0.3) is 5.91 Å². The smallest absolute Gasteiger partial charge is 0.263 e. The van der Waals surface area contributed by atoms with Crippen LogP contribution in [0.4, 0.5) is 0 Å². The fourth-order valence-corrected chi connectivity index (χ4v) is 2.44. The molecule has 0 aromatic carbocycles. The first kappa shape index (κ1) is 13.1. The topological polar surface area (TPSA) is 44.1 Å². The Morgan fingerprint density at radius 2 is 2.44 bits per heavy atom. The third-order valence-electron chi connectivity index (χ3n) is 2.18. The molecule has 0 aliphatic carbocycles. The first-order valence-electron chi connectivity index (χ1n) is 5.04. The summed E-state index contributed by atoms with van der Waals surface area (Å²) in [6.45, 7) is 4.82. The first-order chi connectivity index (χ1) is 7.58. The fourth-order valence-electron chi connectivity index (χ4n) is 1.32. The van der Waals surface area contributed by atoms with E-state index in [1.807, 2.05) is 19.2 Å². The van der Waals surface area contributed by atoms with Gasteiger partial charge in [-0.05, 0) is 19.9 Å². The zero-order chi connectivity index (χ0) is 12.1. The first-order valence-corrected chi connectivity index (χ1v) is 6.37. The minimum absolute atomic E-state index is 0.0186. The van der Waals surface area contributed by atoms with E-state index < -0.39 is 0 Å². The highest BCUT2D eigenvalue weighted by molar-refractivity contribution is 7.80. The van der Waals surface area contributed by atoms with Gasteiger partial charge in [0.1, 0.15) is 0 Å². The van der Waals surface area contributed by atoms with Gasteiger partial charge >= 0.3 is 0 Å². The molecule has 0 spiro atoms. The summed E-state index contributed by atoms with van der Waals surface area (Å²) < 4.78 is 0. The average Bonchev–Trinajstić information content (AvgIpc) is 2.71. The number of thiophene rings is 1. The lowest BCUT2D eigenvalue weighted by Crippen LogP contribution is -2.33. The molecular formula is C11H14N2OS2. The second kappa shape index (κ2) is 5.92. The molecular weight excluding hydrogens is 240 g/mol. The molecule has 0 aliphatic rings. The molecule has 0 radical (unpaired) electrons. The highest BCUT2D eigenvalue weighted by Gasteiger charge is 2.17. The number of nitrogens with zero attached hydrogens (tertiary/aromatic N) is 2. The molecule has 0 fully saturated rings. The van der Waals surface area contributed by atoms with E-state index in [2.05, 4.69) is 18.7 Å². The van der Waals surface area contributed by atoms with Crippen molar-refractivity contribution < 1.29 is 4.79 Å². The summed E-state index contributed by atoms with van der Waals surface area (Å²) in [5, 5.41) is 10.6. The van der Waals surface area contributed by atoms with E-state index in [4.69, 9.17) is 5.26 Å². The van der Waals surface area contributed by atoms with Crippen molar-refractivity contribution in [3.05, 3.63) is 16.3 Å². The van der Waals surface area contributed by atoms with Crippen molar-refractivity contribution in [2.24, 2.45) is 5.92 Å². The summed E-state index contributed by atoms with van der Waals surface area (Å²) in [7, 11) is 0. The molecule has 1 aromatic heterocycles. The van der Waals surface area contributed by atoms with Crippen molar-refractivity contribution in [1.29, 1.82) is 5.26 Å². The number of thiol groups is 1. The summed E-state index contributed by atoms with van der Waals surface area (Å²) in [5.41, 5.74) is 0. The van der Waals surface area contributed by atoms with Crippen LogP contribution in [0, 0.1) is 17.2 Å². The molecule has 0 N–H and O–H groups in total. The Balaban J connectivity index is 2.74. The number of carbonyl (C=O) groups excluding carboxylic acids is 1. The van der Waals surface area contributed by atoms with E-state index in [0.717, 1.165) is 4.90 Å². The number of amides is 1. The summed E-state index contributed by atoms with van der Waals surface area (Å²) >= 11 is 5.56. The molecule has 0 bridgehead atoms. The van der Waals surface area contributed by atoms with Crippen molar-refractivity contribution >= 4 is 29.9 Å². The van der Waals surface area contributed by atoms with Gasteiger partial charge in [-0.3, -0.25) is 4.79 Å². The van der Waals surface area contributed by atoms with Gasteiger partial charge in [-0.2, -0.15) is 5.26 Å². The van der Waals surface area contributed by atoms with Crippen LogP contribution in [0.1, 0.15) is 23.5 Å². The molecule has 1 rings (SSSR count). The van der Waals surface area contributed by atoms with Crippen molar-refractivity contribution in [3.63, 3.8) is 0 Å². The standard InChI is InChI=1S/C11H14N2OS2/c1-3-13(6-8(2)5-12)11(14)10-4-9(15)7-16-10/h4,7-8,15H,3,6H2,1-2H3. The largest absolute Gasteiger partial charge is 0.337 e. The van der Waals surface area contributed by atoms with Gasteiger partial charge in [0.05, 0.1) is 16.9 Å². The van der Waals surface area contributed by atoms with Crippen LogP contribution in [0.2, 0.25) is 0 Å². The van der Waals surface area contributed by atoms with E-state index in [1.165, 1.54) is 11.3 Å². The quantitative estimate of drug-likeness (QED) is 0.840. The highest BCUT2D eigenvalue weighted by atomic mass is 32.1. The van der Waals surface area contributed by atoms with Gasteiger partial charge in [-0.15, -0.1) is 24.0 Å². The van der Waals surface area contributed by atoms with Crippen molar-refractivity contribution in [1.82, 2.24) is 4.90 Å². The monoisotopic (exact) mass is 254 g/mol. The van der Waals surface area contributed by atoms with Gasteiger partial charge in [0.2, 0.25) is 0 Å². The molecule has 0 saturated carbocycles. The second-order valence-corrected chi connectivity index (χ2v) is 4.97. The van der Waals surface area contributed by atoms with Gasteiger partial charge in [0, 0.05) is 23.4 Å². The Bertz CT molecular complexity index is 408. The van der Waals surface area contributed by atoms with Gasteiger partial charge in [-0.1, -0.05) is 0 Å². The minimum atomic E-state index is -0.140. The maximum absolute atomic E-state index is 12.0. The number of hydrogen-bond donors (Lipinski definition) is 1. The number of rotatable bonds is 4. The molecule has 1 unspecified atom stereocenters. The van der Waals surface area contributed by atoms with E-state index in [-0.39, 0.29) is 11.8 Å². The average molecular weight is 254 g/mol. The number of carbonyl (C=O) groups is 1. The fraction of sp³-hybridized carbons (Fsp3) is 0.455. The van der Waals surface area contributed by atoms with Gasteiger partial charge in [-0.25, -0.2) is 0 Å². The van der Waals surface area contributed by atoms with Crippen molar-refractivity contribution in [3.8, 4) is 6.07 Å². The lowest BCUT2D eigenvalue weighted by molar-refractivity contribution is 0.0757. The molecule has 1 aromatic rings. The zero-order valence-electron chi connectivity index (χ0n) is 9.30. The van der Waals surface area contributed by atoms with Crippen molar-refractivity contribution in [2.75, 3.05) is 13.1 Å². The Hall–Kier alpha value is -0.990. The van der Waals surface area contributed by atoms with Crippen LogP contribution in [-0.4, -0.2) is 23.9 Å². The molecule has 16 heavy (non-hydrogen) atoms. The van der Waals surface area contributed by atoms with Crippen LogP contribution >= 0.6 is 24.0 Å². The Kier molecular flexibility index (Phi) is 4.84. The summed E-state index contributed by atoms with van der Waals surface area (Å²) in [4.78, 5) is 15.2. The number of hydrogen-bond acceptors (Lipinski definition) is 4. The van der Waals surface area contributed by atoms with E-state index in [9.17, 15) is 4.79 Å². The van der Waals surface area contributed by atoms with Crippen molar-refractivity contribution in [2.45, 2.75) is 18.7 Å². The summed E-state index contributed by atoms with van der Waals surface area (Å²) in [5.74, 6) is -0.158. The number of nitriles is 1. The molecule has 3 nitrogen and oxygen atoms in total. The van der Waals surface area contributed by atoms with Gasteiger partial charge in [0.15, 0.2) is 0 Å². The molecule has 0 aliphatic heterocycles. The second-order valence-electron chi connectivity index (χ2n) is 3.54. The van der Waals surface area contributed by atoms with E-state index in [0.29, 0.717) is 18.0 Å². The third kappa shape index (κ3) is 3.26. The molecule has 5 heteroatoms. The van der Waals surface area contributed by atoms with E-state index >= 15 is 0 Å². The maximum Gasteiger partial charge on any atom is 0.263 e. The highest BCUT2D eigenvalue weighted by Crippen LogP contribution is 2.19. The lowest BCUT2D eigenvalue weighted by atomic mass is 10.2. The van der Waals surface area contributed by atoms with Crippen LogP contribution in [0.3, 0.4) is 0 Å². The van der Waals surface area contributed by atoms with Crippen LogP contribution in [0.15, 0.2) is 16.3 Å². The molecule has 1 amide bonds. The lowest BCUT2D eigenvalue weighted by Gasteiger charge is -2.21. The predicted molar refractivity (Wildman–Crippen MR) is 67.9 cm³/mol. The molecule has 86 valence electrons. The van der Waals surface area contributed by atoms with Crippen LogP contribution < -0.4 is 0 Å². The van der Waals surface area contributed by atoms with Crippen LogP contribution in [0.25, 0.3) is 0 Å². The van der Waals surface area contributed by atoms with Gasteiger partial charge < -0.3 is 4.90 Å². The normalized spacial score (nSPS) is 11.9. The Morgan fingerprint density at radius 3 is 2.88 bits per heavy atom. The third-order valence-corrected chi connectivity index (χ3v) is 3.53. The summed E-state index contributed by atoms with van der Waals surface area (Å²) in [6, 6.07) is 3.90. The zero-order valence-corrected chi connectivity index (χ0v) is 11.0. The summed E-state index contributed by atoms with van der Waals surface area (Å²) in [6.07, 6.45) is 0. The predicted octanol–water partition coefficient (Wildman–Crippen LogP) is 2.66. The molecule has 1 heterocycles. The molecule has 0 saturated heterocycles. The van der Waals surface area contributed by atoms with E-state index in [1.54, 1.807) is 11.0 Å². The Labute approximate surface area is 105 Å². The molecule has 1 atom stereocenters. The SMILES string of the molecule is CCN(CC(C)C#N)C(=O)c1cc(S)cs1. The van der Waals surface area contributed by atoms with Crippen LogP contribution in [0.5, 0.6) is 0 Å².